The molecule has 0 aliphatic carbocycles. The first kappa shape index (κ1) is 14.0. The first-order valence-electron chi connectivity index (χ1n) is 3.70. The molecule has 0 radical (unpaired) electrons. The summed E-state index contributed by atoms with van der Waals surface area (Å²) in [6, 6.07) is 0. The molecule has 0 saturated heterocycles. The highest BCUT2D eigenvalue weighted by atomic mass is 16.7. The van der Waals surface area contributed by atoms with Gasteiger partial charge >= 0.3 is 14.6 Å². The van der Waals surface area contributed by atoms with Crippen LogP contribution >= 0.6 is 0 Å². The van der Waals surface area contributed by atoms with Crippen LogP contribution in [0.25, 0.3) is 0 Å². The summed E-state index contributed by atoms with van der Waals surface area (Å²) in [5.74, 6) is -0.160. The van der Waals surface area contributed by atoms with E-state index in [1.165, 1.54) is 18.4 Å². The third-order valence-electron chi connectivity index (χ3n) is 1.05. The summed E-state index contributed by atoms with van der Waals surface area (Å²) in [5.41, 5.74) is 0. The minimum absolute atomic E-state index is 0.160. The molecule has 1 aliphatic heterocycles. The number of hydrogen-bond acceptors (Lipinski definition) is 8. The monoisotopic (exact) mass is 220 g/mol. The zero-order valence-electron chi connectivity index (χ0n) is 7.46. The Labute approximate surface area is 85.7 Å². The Kier molecular flexibility index (Phi) is 6.79. The maximum Gasteiger partial charge on any atom is 0.621 e. The van der Waals surface area contributed by atoms with Gasteiger partial charge in [-0.05, 0) is 12.2 Å². The molecule has 10 heteroatoms. The van der Waals surface area contributed by atoms with Crippen molar-refractivity contribution in [2.75, 3.05) is 0 Å². The Morgan fingerprint density at radius 1 is 1.20 bits per heavy atom. The summed E-state index contributed by atoms with van der Waals surface area (Å²) in [6.45, 7) is 0. The highest BCUT2D eigenvalue weighted by molar-refractivity contribution is 6.48. The summed E-state index contributed by atoms with van der Waals surface area (Å²) in [7, 11) is -4.25. The molecule has 0 saturated carbocycles. The number of ether oxygens (including phenoxy) is 1. The van der Waals surface area contributed by atoms with Gasteiger partial charge in [-0.3, -0.25) is 0 Å². The van der Waals surface area contributed by atoms with Crippen LogP contribution in [0, 0.1) is 0 Å². The van der Waals surface area contributed by atoms with Gasteiger partial charge in [-0.2, -0.15) is 0 Å². The topological polar surface area (TPSA) is 140 Å². The van der Waals surface area contributed by atoms with Crippen molar-refractivity contribution in [2.45, 2.75) is 6.29 Å². The normalized spacial score (nSPS) is 18.2. The average Bonchev–Trinajstić information content (AvgIpc) is 2.08. The standard InChI is InChI=1S/C5H6O3.B2H4O5/c6-4-2-1-3-8-5(4)7;3-1(4)7-2(5)6/h1-3,5-7H;3-6H. The van der Waals surface area contributed by atoms with Crippen LogP contribution in [0.1, 0.15) is 0 Å². The van der Waals surface area contributed by atoms with E-state index in [1.54, 1.807) is 0 Å². The van der Waals surface area contributed by atoms with Gasteiger partial charge in [-0.25, -0.2) is 0 Å². The van der Waals surface area contributed by atoms with Crippen molar-refractivity contribution in [2.24, 2.45) is 0 Å². The lowest BCUT2D eigenvalue weighted by Crippen LogP contribution is -2.28. The fourth-order valence-corrected chi connectivity index (χ4v) is 0.519. The zero-order chi connectivity index (χ0) is 11.8. The first-order valence-corrected chi connectivity index (χ1v) is 3.70. The Morgan fingerprint density at radius 2 is 1.73 bits per heavy atom. The second-order valence-electron chi connectivity index (χ2n) is 2.20. The summed E-state index contributed by atoms with van der Waals surface area (Å²) in [4.78, 5) is 0. The average molecular weight is 220 g/mol. The van der Waals surface area contributed by atoms with Crippen molar-refractivity contribution in [3.63, 3.8) is 0 Å². The van der Waals surface area contributed by atoms with Crippen LogP contribution in [0.3, 0.4) is 0 Å². The van der Waals surface area contributed by atoms with Gasteiger partial charge in [0.2, 0.25) is 0 Å². The number of hydrogen-bond donors (Lipinski definition) is 6. The van der Waals surface area contributed by atoms with Gasteiger partial charge in [0.15, 0.2) is 5.76 Å². The predicted molar refractivity (Wildman–Crippen MR) is 48.4 cm³/mol. The first-order chi connectivity index (χ1) is 6.93. The van der Waals surface area contributed by atoms with E-state index in [9.17, 15) is 0 Å². The molecule has 1 unspecified atom stereocenters. The molecule has 0 aromatic carbocycles. The van der Waals surface area contributed by atoms with Gasteiger partial charge in [0, 0.05) is 0 Å². The summed E-state index contributed by atoms with van der Waals surface area (Å²) in [6.07, 6.45) is 3.01. The van der Waals surface area contributed by atoms with Crippen LogP contribution in [0.15, 0.2) is 24.2 Å². The Hall–Kier alpha value is -1.03. The van der Waals surface area contributed by atoms with Gasteiger partial charge in [0.1, 0.15) is 0 Å². The summed E-state index contributed by atoms with van der Waals surface area (Å²) >= 11 is 0. The van der Waals surface area contributed by atoms with Crippen LogP contribution in [-0.4, -0.2) is 51.2 Å². The van der Waals surface area contributed by atoms with E-state index in [1.807, 2.05) is 0 Å². The minimum atomic E-state index is -2.13. The second-order valence-corrected chi connectivity index (χ2v) is 2.20. The smallest absolute Gasteiger partial charge is 0.506 e. The quantitative estimate of drug-likeness (QED) is 0.275. The molecule has 1 rings (SSSR count). The molecule has 1 aliphatic rings. The molecular formula is C5H10B2O8. The van der Waals surface area contributed by atoms with E-state index in [0.717, 1.165) is 0 Å². The fourth-order valence-electron chi connectivity index (χ4n) is 0.519. The van der Waals surface area contributed by atoms with Crippen molar-refractivity contribution in [3.05, 3.63) is 24.2 Å². The molecule has 15 heavy (non-hydrogen) atoms. The lowest BCUT2D eigenvalue weighted by Gasteiger charge is -2.10. The lowest BCUT2D eigenvalue weighted by molar-refractivity contribution is -0.0506. The molecule has 6 N–H and O–H groups in total. The van der Waals surface area contributed by atoms with Crippen LogP contribution in [0.4, 0.5) is 0 Å². The number of allylic oxidation sites excluding steroid dienone is 2. The third-order valence-corrected chi connectivity index (χ3v) is 1.05. The van der Waals surface area contributed by atoms with Crippen molar-refractivity contribution in [1.82, 2.24) is 0 Å². The van der Waals surface area contributed by atoms with Crippen LogP contribution < -0.4 is 0 Å². The SMILES string of the molecule is OB(O)OB(O)O.OC1=CC=COC1O. The molecular weight excluding hydrogens is 210 g/mol. The summed E-state index contributed by atoms with van der Waals surface area (Å²) in [5, 5.41) is 48.1. The number of rotatable bonds is 2. The lowest BCUT2D eigenvalue weighted by atomic mass is 10.1. The fraction of sp³-hybridized carbons (Fsp3) is 0.200. The maximum atomic E-state index is 8.61. The van der Waals surface area contributed by atoms with Crippen molar-refractivity contribution >= 4 is 14.6 Å². The molecule has 8 nitrogen and oxygen atoms in total. The van der Waals surface area contributed by atoms with Gasteiger partial charge in [0.05, 0.1) is 6.26 Å². The van der Waals surface area contributed by atoms with Crippen molar-refractivity contribution in [1.29, 1.82) is 0 Å². The number of aliphatic hydroxyl groups excluding tert-OH is 2. The number of aliphatic hydroxyl groups is 2. The highest BCUT2D eigenvalue weighted by Gasteiger charge is 2.18. The largest absolute Gasteiger partial charge is 0.621 e. The molecule has 0 fully saturated rings. The van der Waals surface area contributed by atoms with Gasteiger partial charge in [-0.1, -0.05) is 0 Å². The molecule has 0 spiro atoms. The van der Waals surface area contributed by atoms with Crippen LogP contribution in [-0.2, 0) is 9.31 Å². The molecule has 0 bridgehead atoms. The van der Waals surface area contributed by atoms with E-state index in [2.05, 4.69) is 9.31 Å². The van der Waals surface area contributed by atoms with E-state index in [0.29, 0.717) is 0 Å². The Morgan fingerprint density at radius 3 is 1.93 bits per heavy atom. The van der Waals surface area contributed by atoms with Gasteiger partial charge < -0.3 is 39.6 Å². The van der Waals surface area contributed by atoms with Crippen LogP contribution in [0.2, 0.25) is 0 Å². The second kappa shape index (κ2) is 7.29. The Bertz CT molecular complexity index is 221. The Balaban J connectivity index is 0.000000265. The predicted octanol–water partition coefficient (Wildman–Crippen LogP) is -2.77. The molecule has 1 atom stereocenters. The maximum absolute atomic E-state index is 8.61. The van der Waals surface area contributed by atoms with Crippen molar-refractivity contribution in [3.8, 4) is 0 Å². The molecule has 84 valence electrons. The molecule has 0 aromatic rings. The minimum Gasteiger partial charge on any atom is -0.506 e. The van der Waals surface area contributed by atoms with E-state index in [4.69, 9.17) is 30.3 Å². The molecule has 0 aromatic heterocycles. The molecule has 0 amide bonds. The van der Waals surface area contributed by atoms with Gasteiger partial charge in [-0.15, -0.1) is 0 Å². The summed E-state index contributed by atoms with van der Waals surface area (Å²) < 4.78 is 7.92. The molecule has 1 heterocycles. The highest BCUT2D eigenvalue weighted by Crippen LogP contribution is 2.05. The van der Waals surface area contributed by atoms with Crippen molar-refractivity contribution < 1.29 is 39.6 Å². The van der Waals surface area contributed by atoms with E-state index < -0.39 is 20.9 Å². The van der Waals surface area contributed by atoms with E-state index in [-0.39, 0.29) is 5.76 Å². The third kappa shape index (κ3) is 8.00. The van der Waals surface area contributed by atoms with Crippen LogP contribution in [0.5, 0.6) is 0 Å². The zero-order valence-corrected chi connectivity index (χ0v) is 7.46. The van der Waals surface area contributed by atoms with Gasteiger partial charge in [0.25, 0.3) is 6.29 Å². The van der Waals surface area contributed by atoms with E-state index >= 15 is 0 Å².